The number of amidine groups is 1. The summed E-state index contributed by atoms with van der Waals surface area (Å²) >= 11 is 0. The highest BCUT2D eigenvalue weighted by Gasteiger charge is 2.13. The van der Waals surface area contributed by atoms with E-state index < -0.39 is 0 Å². The molecule has 0 heterocycles. The summed E-state index contributed by atoms with van der Waals surface area (Å²) < 4.78 is 5.26. The number of benzene rings is 2. The van der Waals surface area contributed by atoms with Gasteiger partial charge in [-0.3, -0.25) is 5.41 Å². The second-order valence-electron chi connectivity index (χ2n) is 4.69. The summed E-state index contributed by atoms with van der Waals surface area (Å²) in [7, 11) is 3.58. The van der Waals surface area contributed by atoms with Crippen LogP contribution in [0, 0.1) is 12.3 Å². The molecule has 0 fully saturated rings. The van der Waals surface area contributed by atoms with Crippen LogP contribution in [-0.4, -0.2) is 20.0 Å². The summed E-state index contributed by atoms with van der Waals surface area (Å²) in [4.78, 5) is 2.01. The Morgan fingerprint density at radius 3 is 2.55 bits per heavy atom. The van der Waals surface area contributed by atoms with Crippen molar-refractivity contribution < 1.29 is 4.74 Å². The minimum atomic E-state index is 0.0437. The molecule has 0 amide bonds. The van der Waals surface area contributed by atoms with Gasteiger partial charge in [0.25, 0.3) is 0 Å². The number of hydrogen-bond donors (Lipinski definition) is 2. The minimum Gasteiger partial charge on any atom is -0.497 e. The normalized spacial score (nSPS) is 10.2. The molecule has 0 aliphatic rings. The van der Waals surface area contributed by atoms with Crippen molar-refractivity contribution in [1.29, 1.82) is 5.41 Å². The molecule has 2 rings (SSSR count). The third kappa shape index (κ3) is 2.74. The predicted octanol–water partition coefficient (Wildman–Crippen LogP) is 3.06. The van der Waals surface area contributed by atoms with Gasteiger partial charge in [0, 0.05) is 24.4 Å². The van der Waals surface area contributed by atoms with Crippen LogP contribution in [0.2, 0.25) is 0 Å². The summed E-state index contributed by atoms with van der Waals surface area (Å²) in [6.45, 7) is 2.05. The molecule has 0 saturated carbocycles. The van der Waals surface area contributed by atoms with Gasteiger partial charge in [-0.1, -0.05) is 12.1 Å². The molecule has 20 heavy (non-hydrogen) atoms. The first kappa shape index (κ1) is 13.9. The summed E-state index contributed by atoms with van der Waals surface area (Å²) in [5, 5.41) is 7.71. The van der Waals surface area contributed by atoms with Crippen molar-refractivity contribution in [3.63, 3.8) is 0 Å². The standard InChI is InChI=1S/C16H19N3O/c1-11-5-4-6-12(9-11)19(2)15-10-13(20-3)7-8-14(15)16(17)18/h4-10H,1-3H3,(H3,17,18). The number of nitrogen functional groups attached to an aromatic ring is 1. The molecule has 104 valence electrons. The van der Waals surface area contributed by atoms with E-state index in [-0.39, 0.29) is 5.84 Å². The lowest BCUT2D eigenvalue weighted by Gasteiger charge is -2.23. The molecule has 0 aliphatic carbocycles. The number of anilines is 2. The largest absolute Gasteiger partial charge is 0.497 e. The van der Waals surface area contributed by atoms with Crippen LogP contribution in [-0.2, 0) is 0 Å². The Kier molecular flexibility index (Phi) is 3.94. The van der Waals surface area contributed by atoms with Gasteiger partial charge in [-0.25, -0.2) is 0 Å². The predicted molar refractivity (Wildman–Crippen MR) is 83.3 cm³/mol. The van der Waals surface area contributed by atoms with E-state index in [1.54, 1.807) is 7.11 Å². The fourth-order valence-corrected chi connectivity index (χ4v) is 2.12. The molecule has 0 unspecified atom stereocenters. The van der Waals surface area contributed by atoms with Crippen LogP contribution in [0.15, 0.2) is 42.5 Å². The third-order valence-corrected chi connectivity index (χ3v) is 3.25. The highest BCUT2D eigenvalue weighted by molar-refractivity contribution is 6.01. The molecule has 4 heteroatoms. The molecule has 0 spiro atoms. The lowest BCUT2D eigenvalue weighted by Crippen LogP contribution is -2.18. The van der Waals surface area contributed by atoms with Crippen LogP contribution in [0.4, 0.5) is 11.4 Å². The van der Waals surface area contributed by atoms with Gasteiger partial charge >= 0.3 is 0 Å². The number of nitrogens with one attached hydrogen (secondary N) is 1. The maximum Gasteiger partial charge on any atom is 0.124 e. The maximum absolute atomic E-state index is 7.71. The zero-order valence-corrected chi connectivity index (χ0v) is 12.0. The molecule has 0 radical (unpaired) electrons. The number of aryl methyl sites for hydroxylation is 1. The monoisotopic (exact) mass is 269 g/mol. The second kappa shape index (κ2) is 5.65. The number of ether oxygens (including phenoxy) is 1. The van der Waals surface area contributed by atoms with E-state index in [0.717, 1.165) is 17.1 Å². The quantitative estimate of drug-likeness (QED) is 0.662. The summed E-state index contributed by atoms with van der Waals surface area (Å²) in [5.41, 5.74) is 9.43. The molecule has 2 aromatic carbocycles. The average Bonchev–Trinajstić information content (AvgIpc) is 2.45. The van der Waals surface area contributed by atoms with Crippen molar-refractivity contribution in [3.05, 3.63) is 53.6 Å². The molecule has 2 aromatic rings. The van der Waals surface area contributed by atoms with Gasteiger partial charge in [-0.05, 0) is 36.8 Å². The summed E-state index contributed by atoms with van der Waals surface area (Å²) in [6.07, 6.45) is 0. The second-order valence-corrected chi connectivity index (χ2v) is 4.69. The SMILES string of the molecule is COc1ccc(C(=N)N)c(N(C)c2cccc(C)c2)c1. The van der Waals surface area contributed by atoms with E-state index in [2.05, 4.69) is 19.1 Å². The van der Waals surface area contributed by atoms with E-state index in [0.29, 0.717) is 5.56 Å². The Morgan fingerprint density at radius 1 is 1.20 bits per heavy atom. The Labute approximate surface area is 119 Å². The van der Waals surface area contributed by atoms with Crippen molar-refractivity contribution in [2.24, 2.45) is 5.73 Å². The van der Waals surface area contributed by atoms with Crippen molar-refractivity contribution in [3.8, 4) is 5.75 Å². The fourth-order valence-electron chi connectivity index (χ4n) is 2.12. The number of hydrogen-bond acceptors (Lipinski definition) is 3. The summed E-state index contributed by atoms with van der Waals surface area (Å²) in [6, 6.07) is 13.7. The number of rotatable bonds is 4. The number of nitrogens with zero attached hydrogens (tertiary/aromatic N) is 1. The van der Waals surface area contributed by atoms with Gasteiger partial charge in [0.05, 0.1) is 12.8 Å². The topological polar surface area (TPSA) is 62.3 Å². The van der Waals surface area contributed by atoms with Crippen molar-refractivity contribution in [2.75, 3.05) is 19.1 Å². The lowest BCUT2D eigenvalue weighted by molar-refractivity contribution is 0.415. The smallest absolute Gasteiger partial charge is 0.124 e. The average molecular weight is 269 g/mol. The number of methoxy groups -OCH3 is 1. The number of nitrogens with two attached hydrogens (primary N) is 1. The zero-order chi connectivity index (χ0) is 14.7. The van der Waals surface area contributed by atoms with Gasteiger partial charge in [-0.2, -0.15) is 0 Å². The molecule has 4 nitrogen and oxygen atoms in total. The molecule has 0 bridgehead atoms. The lowest BCUT2D eigenvalue weighted by atomic mass is 10.1. The van der Waals surface area contributed by atoms with E-state index >= 15 is 0 Å². The van der Waals surface area contributed by atoms with E-state index in [4.69, 9.17) is 15.9 Å². The zero-order valence-electron chi connectivity index (χ0n) is 12.0. The van der Waals surface area contributed by atoms with Gasteiger partial charge < -0.3 is 15.4 Å². The van der Waals surface area contributed by atoms with Crippen LogP contribution >= 0.6 is 0 Å². The molecule has 0 saturated heterocycles. The maximum atomic E-state index is 7.71. The first-order valence-electron chi connectivity index (χ1n) is 6.35. The van der Waals surface area contributed by atoms with E-state index in [9.17, 15) is 0 Å². The van der Waals surface area contributed by atoms with E-state index in [1.807, 2.05) is 42.3 Å². The van der Waals surface area contributed by atoms with Crippen molar-refractivity contribution in [2.45, 2.75) is 6.92 Å². The van der Waals surface area contributed by atoms with E-state index in [1.165, 1.54) is 5.56 Å². The van der Waals surface area contributed by atoms with Crippen LogP contribution in [0.3, 0.4) is 0 Å². The van der Waals surface area contributed by atoms with Crippen molar-refractivity contribution in [1.82, 2.24) is 0 Å². The molecular formula is C16H19N3O. The van der Waals surface area contributed by atoms with Crippen molar-refractivity contribution >= 4 is 17.2 Å². The molecule has 0 atom stereocenters. The van der Waals surface area contributed by atoms with Crippen LogP contribution in [0.25, 0.3) is 0 Å². The van der Waals surface area contributed by atoms with Gasteiger partial charge in [0.1, 0.15) is 11.6 Å². The first-order valence-corrected chi connectivity index (χ1v) is 6.35. The fraction of sp³-hybridized carbons (Fsp3) is 0.188. The van der Waals surface area contributed by atoms with Gasteiger partial charge in [-0.15, -0.1) is 0 Å². The third-order valence-electron chi connectivity index (χ3n) is 3.25. The van der Waals surface area contributed by atoms with Crippen LogP contribution < -0.4 is 15.4 Å². The molecular weight excluding hydrogens is 250 g/mol. The Morgan fingerprint density at radius 2 is 1.95 bits per heavy atom. The summed E-state index contributed by atoms with van der Waals surface area (Å²) in [5.74, 6) is 0.784. The first-order chi connectivity index (χ1) is 9.52. The minimum absolute atomic E-state index is 0.0437. The Balaban J connectivity index is 2.52. The van der Waals surface area contributed by atoms with Crippen LogP contribution in [0.5, 0.6) is 5.75 Å². The highest BCUT2D eigenvalue weighted by atomic mass is 16.5. The van der Waals surface area contributed by atoms with Crippen LogP contribution in [0.1, 0.15) is 11.1 Å². The molecule has 3 N–H and O–H groups in total. The molecule has 0 aromatic heterocycles. The Bertz CT molecular complexity index is 637. The van der Waals surface area contributed by atoms with Gasteiger partial charge in [0.2, 0.25) is 0 Å². The Hall–Kier alpha value is -2.49. The van der Waals surface area contributed by atoms with Gasteiger partial charge in [0.15, 0.2) is 0 Å². The highest BCUT2D eigenvalue weighted by Crippen LogP contribution is 2.30. The molecule has 0 aliphatic heterocycles.